The van der Waals surface area contributed by atoms with Gasteiger partial charge >= 0.3 is 0 Å². The van der Waals surface area contributed by atoms with Crippen molar-refractivity contribution in [2.75, 3.05) is 0 Å². The molecule has 0 spiro atoms. The fourth-order valence-electron chi connectivity index (χ4n) is 3.29. The van der Waals surface area contributed by atoms with Crippen molar-refractivity contribution in [3.8, 4) is 11.8 Å². The summed E-state index contributed by atoms with van der Waals surface area (Å²) < 4.78 is 1.01. The predicted octanol–water partition coefficient (Wildman–Crippen LogP) is 3.98. The molecule has 1 N–H and O–H groups in total. The van der Waals surface area contributed by atoms with Crippen molar-refractivity contribution >= 4 is 34.5 Å². The molecule has 0 saturated carbocycles. The topological polar surface area (TPSA) is 100 Å². The highest BCUT2D eigenvalue weighted by Crippen LogP contribution is 2.17. The Morgan fingerprint density at radius 3 is 2.59 bits per heavy atom. The third-order valence-corrected chi connectivity index (χ3v) is 5.18. The van der Waals surface area contributed by atoms with Crippen molar-refractivity contribution in [3.05, 3.63) is 104 Å². The average Bonchev–Trinajstić information content (AvgIpc) is 2.80. The van der Waals surface area contributed by atoms with Gasteiger partial charge in [-0.2, -0.15) is 20.1 Å². The van der Waals surface area contributed by atoms with E-state index >= 15 is 0 Å². The lowest BCUT2D eigenvalue weighted by Gasteiger charge is -2.10. The van der Waals surface area contributed by atoms with Crippen molar-refractivity contribution < 1.29 is 4.79 Å². The molecule has 0 aliphatic heterocycles. The van der Waals surface area contributed by atoms with E-state index in [0.717, 1.165) is 21.0 Å². The SMILES string of the molecule is Cc1c(C(=O)NN=Cc2cccc3ccccc23)nn(-c2ccc(Cl)cc2)c(=O)c1C#N. The maximum atomic E-state index is 12.8. The summed E-state index contributed by atoms with van der Waals surface area (Å²) >= 11 is 5.91. The van der Waals surface area contributed by atoms with Gasteiger partial charge in [0.2, 0.25) is 0 Å². The molecule has 0 atom stereocenters. The molecule has 3 aromatic carbocycles. The highest BCUT2D eigenvalue weighted by Gasteiger charge is 2.20. The number of hydrazone groups is 1. The number of nitrogens with one attached hydrogen (secondary N) is 1. The first-order valence-corrected chi connectivity index (χ1v) is 9.98. The molecule has 0 fully saturated rings. The number of fused-ring (bicyclic) bond motifs is 1. The number of aromatic nitrogens is 2. The molecule has 0 saturated heterocycles. The number of carbonyl (C=O) groups excluding carboxylic acids is 1. The van der Waals surface area contributed by atoms with E-state index in [2.05, 4.69) is 15.6 Å². The lowest BCUT2D eigenvalue weighted by atomic mass is 10.1. The largest absolute Gasteiger partial charge is 0.292 e. The Kier molecular flexibility index (Phi) is 5.79. The van der Waals surface area contributed by atoms with Crippen LogP contribution in [-0.4, -0.2) is 21.9 Å². The van der Waals surface area contributed by atoms with Crippen LogP contribution in [0.1, 0.15) is 27.2 Å². The third kappa shape index (κ3) is 4.00. The minimum absolute atomic E-state index is 0.0776. The molecule has 4 rings (SSSR count). The number of benzene rings is 3. The van der Waals surface area contributed by atoms with Crippen molar-refractivity contribution in [1.29, 1.82) is 5.26 Å². The highest BCUT2D eigenvalue weighted by atomic mass is 35.5. The molecule has 32 heavy (non-hydrogen) atoms. The molecule has 0 aliphatic rings. The molecular weight excluding hydrogens is 426 g/mol. The van der Waals surface area contributed by atoms with Crippen LogP contribution in [0, 0.1) is 18.3 Å². The van der Waals surface area contributed by atoms with Crippen molar-refractivity contribution in [2.45, 2.75) is 6.92 Å². The van der Waals surface area contributed by atoms with Gasteiger partial charge < -0.3 is 0 Å². The van der Waals surface area contributed by atoms with Gasteiger partial charge in [0.25, 0.3) is 11.5 Å². The normalized spacial score (nSPS) is 10.9. The van der Waals surface area contributed by atoms with Crippen LogP contribution in [0.5, 0.6) is 0 Å². The van der Waals surface area contributed by atoms with Gasteiger partial charge in [-0.1, -0.05) is 54.1 Å². The van der Waals surface area contributed by atoms with Crippen LogP contribution in [0.3, 0.4) is 0 Å². The first-order valence-electron chi connectivity index (χ1n) is 9.60. The minimum atomic E-state index is -0.641. The van der Waals surface area contributed by atoms with Crippen LogP contribution >= 0.6 is 11.6 Å². The van der Waals surface area contributed by atoms with Crippen LogP contribution in [0.4, 0.5) is 0 Å². The van der Waals surface area contributed by atoms with E-state index in [-0.39, 0.29) is 16.8 Å². The zero-order chi connectivity index (χ0) is 22.7. The highest BCUT2D eigenvalue weighted by molar-refractivity contribution is 6.30. The number of amides is 1. The van der Waals surface area contributed by atoms with E-state index in [9.17, 15) is 14.9 Å². The van der Waals surface area contributed by atoms with Gasteiger partial charge in [-0.25, -0.2) is 5.43 Å². The molecule has 1 amide bonds. The number of hydrogen-bond acceptors (Lipinski definition) is 5. The fourth-order valence-corrected chi connectivity index (χ4v) is 3.41. The smallest absolute Gasteiger partial charge is 0.266 e. The number of carbonyl (C=O) groups is 1. The Bertz CT molecular complexity index is 1460. The summed E-state index contributed by atoms with van der Waals surface area (Å²) in [6, 6.07) is 21.8. The molecule has 0 unspecified atom stereocenters. The molecule has 156 valence electrons. The van der Waals surface area contributed by atoms with E-state index in [1.165, 1.54) is 13.1 Å². The van der Waals surface area contributed by atoms with Crippen LogP contribution in [0.25, 0.3) is 16.5 Å². The monoisotopic (exact) mass is 441 g/mol. The first-order chi connectivity index (χ1) is 15.5. The molecule has 0 bridgehead atoms. The Hall–Kier alpha value is -4.28. The van der Waals surface area contributed by atoms with Crippen molar-refractivity contribution in [2.24, 2.45) is 5.10 Å². The second kappa shape index (κ2) is 8.84. The zero-order valence-corrected chi connectivity index (χ0v) is 17.7. The standard InChI is InChI=1S/C24H16ClN5O2/c1-15-21(13-26)24(32)30(19-11-9-18(25)10-12-19)29-22(15)23(31)28-27-14-17-7-4-6-16-5-2-3-8-20(16)17/h2-12,14H,1H3,(H,28,31). The second-order valence-electron chi connectivity index (χ2n) is 6.92. The first kappa shape index (κ1) is 21.0. The maximum Gasteiger partial charge on any atom is 0.292 e. The van der Waals surface area contributed by atoms with Gasteiger partial charge in [-0.3, -0.25) is 9.59 Å². The molecule has 7 nitrogen and oxygen atoms in total. The Labute approximate surface area is 188 Å². The average molecular weight is 442 g/mol. The summed E-state index contributed by atoms with van der Waals surface area (Å²) in [6.07, 6.45) is 1.54. The molecular formula is C24H16ClN5O2. The fraction of sp³-hybridized carbons (Fsp3) is 0.0417. The molecule has 1 aromatic heterocycles. The second-order valence-corrected chi connectivity index (χ2v) is 7.36. The number of nitriles is 1. The van der Waals surface area contributed by atoms with Gasteiger partial charge in [-0.05, 0) is 42.0 Å². The third-order valence-electron chi connectivity index (χ3n) is 4.93. The zero-order valence-electron chi connectivity index (χ0n) is 16.9. The van der Waals surface area contributed by atoms with Crippen LogP contribution in [-0.2, 0) is 0 Å². The van der Waals surface area contributed by atoms with Gasteiger partial charge in [0, 0.05) is 16.1 Å². The summed E-state index contributed by atoms with van der Waals surface area (Å²) in [5, 5.41) is 20.2. The van der Waals surface area contributed by atoms with Crippen LogP contribution in [0.15, 0.2) is 76.6 Å². The van der Waals surface area contributed by atoms with Gasteiger partial charge in [0.15, 0.2) is 5.69 Å². The number of rotatable bonds is 4. The van der Waals surface area contributed by atoms with Crippen LogP contribution in [0.2, 0.25) is 5.02 Å². The predicted molar refractivity (Wildman–Crippen MR) is 123 cm³/mol. The summed E-state index contributed by atoms with van der Waals surface area (Å²) in [6.45, 7) is 1.50. The Balaban J connectivity index is 1.68. The van der Waals surface area contributed by atoms with Gasteiger partial charge in [0.1, 0.15) is 11.6 Å². The Morgan fingerprint density at radius 2 is 1.84 bits per heavy atom. The molecule has 0 aliphatic carbocycles. The van der Waals surface area contributed by atoms with Crippen molar-refractivity contribution in [3.63, 3.8) is 0 Å². The summed E-state index contributed by atoms with van der Waals surface area (Å²) in [4.78, 5) is 25.5. The number of nitrogens with zero attached hydrogens (tertiary/aromatic N) is 4. The van der Waals surface area contributed by atoms with E-state index in [4.69, 9.17) is 11.6 Å². The van der Waals surface area contributed by atoms with E-state index in [1.807, 2.05) is 48.5 Å². The lowest BCUT2D eigenvalue weighted by Crippen LogP contribution is -2.31. The molecule has 0 radical (unpaired) electrons. The molecule has 8 heteroatoms. The van der Waals surface area contributed by atoms with Gasteiger partial charge in [0.05, 0.1) is 11.9 Å². The summed E-state index contributed by atoms with van der Waals surface area (Å²) in [7, 11) is 0. The molecule has 1 heterocycles. The minimum Gasteiger partial charge on any atom is -0.266 e. The van der Waals surface area contributed by atoms with E-state index in [0.29, 0.717) is 10.7 Å². The lowest BCUT2D eigenvalue weighted by molar-refractivity contribution is 0.0947. The van der Waals surface area contributed by atoms with Crippen LogP contribution < -0.4 is 11.0 Å². The quantitative estimate of drug-likeness (QED) is 0.382. The van der Waals surface area contributed by atoms with E-state index < -0.39 is 11.5 Å². The Morgan fingerprint density at radius 1 is 1.12 bits per heavy atom. The maximum absolute atomic E-state index is 12.8. The van der Waals surface area contributed by atoms with Crippen molar-refractivity contribution in [1.82, 2.24) is 15.2 Å². The number of hydrogen-bond donors (Lipinski definition) is 1. The summed E-state index contributed by atoms with van der Waals surface area (Å²) in [5.41, 5.74) is 2.96. The number of halogens is 1. The summed E-state index contributed by atoms with van der Waals surface area (Å²) in [5.74, 6) is -0.641. The van der Waals surface area contributed by atoms with Gasteiger partial charge in [-0.15, -0.1) is 0 Å². The van der Waals surface area contributed by atoms with E-state index in [1.54, 1.807) is 24.3 Å². The molecule has 4 aromatic rings.